The molecule has 0 saturated heterocycles. The minimum atomic E-state index is -0.325. The Kier molecular flexibility index (Phi) is 8.03. The van der Waals surface area contributed by atoms with E-state index in [1.54, 1.807) is 12.3 Å². The highest BCUT2D eigenvalue weighted by Crippen LogP contribution is 2.23. The fourth-order valence-corrected chi connectivity index (χ4v) is 2.43. The second kappa shape index (κ2) is 10.7. The third kappa shape index (κ3) is 6.43. The van der Waals surface area contributed by atoms with Gasteiger partial charge in [-0.25, -0.2) is 9.36 Å². The number of nitrogens with zero attached hydrogens (tertiary/aromatic N) is 1. The van der Waals surface area contributed by atoms with Crippen molar-refractivity contribution < 1.29 is 23.6 Å². The zero-order chi connectivity index (χ0) is 18.9. The number of aromatic nitrogens is 1. The first-order valence-corrected chi connectivity index (χ1v) is 8.79. The summed E-state index contributed by atoms with van der Waals surface area (Å²) in [5.74, 6) is 1.96. The van der Waals surface area contributed by atoms with E-state index in [0.29, 0.717) is 25.2 Å². The van der Waals surface area contributed by atoms with Gasteiger partial charge in [-0.2, -0.15) is 0 Å². The summed E-state index contributed by atoms with van der Waals surface area (Å²) in [4.78, 5) is 11.9. The number of carbonyl (C=O) groups is 1. The lowest BCUT2D eigenvalue weighted by molar-refractivity contribution is -0.671. The van der Waals surface area contributed by atoms with Crippen LogP contribution in [0.2, 0.25) is 0 Å². The summed E-state index contributed by atoms with van der Waals surface area (Å²) in [6.45, 7) is 0.779. The van der Waals surface area contributed by atoms with Crippen molar-refractivity contribution in [3.63, 3.8) is 0 Å². The number of esters is 1. The van der Waals surface area contributed by atoms with Crippen molar-refractivity contribution in [1.82, 2.24) is 0 Å². The zero-order valence-electron chi connectivity index (χ0n) is 15.2. The van der Waals surface area contributed by atoms with Gasteiger partial charge in [0.15, 0.2) is 12.4 Å². The van der Waals surface area contributed by atoms with Gasteiger partial charge in [-0.3, -0.25) is 0 Å². The lowest BCUT2D eigenvalue weighted by Gasteiger charge is -2.09. The van der Waals surface area contributed by atoms with Crippen LogP contribution in [0, 0.1) is 0 Å². The van der Waals surface area contributed by atoms with Gasteiger partial charge in [-0.15, -0.1) is 0 Å². The molecule has 0 saturated carbocycles. The maximum atomic E-state index is 11.9. The molecule has 1 aromatic heterocycles. The molecule has 2 aromatic carbocycles. The molecule has 0 unspecified atom stereocenters. The zero-order valence-corrected chi connectivity index (χ0v) is 15.2. The van der Waals surface area contributed by atoms with E-state index in [2.05, 4.69) is 0 Å². The number of pyridine rings is 1. The average molecular weight is 380 g/mol. The molecule has 0 aliphatic rings. The Bertz CT molecular complexity index is 863. The van der Waals surface area contributed by atoms with E-state index in [1.807, 2.05) is 78.5 Å². The van der Waals surface area contributed by atoms with Crippen LogP contribution < -0.4 is 14.0 Å². The Hall–Kier alpha value is -3.34. The number of para-hydroxylation sites is 1. The van der Waals surface area contributed by atoms with Crippen molar-refractivity contribution >= 4 is 5.97 Å². The SMILES string of the molecule is C.C[n+]1cccc(C(=O)OCCCOc2ccc(Oc3ccccc3)cc2)c1. The van der Waals surface area contributed by atoms with Crippen LogP contribution in [0.1, 0.15) is 24.2 Å². The van der Waals surface area contributed by atoms with E-state index >= 15 is 0 Å². The van der Waals surface area contributed by atoms with Crippen LogP contribution in [0.4, 0.5) is 0 Å². The molecule has 28 heavy (non-hydrogen) atoms. The van der Waals surface area contributed by atoms with E-state index in [4.69, 9.17) is 14.2 Å². The maximum absolute atomic E-state index is 11.9. The monoisotopic (exact) mass is 380 g/mol. The van der Waals surface area contributed by atoms with E-state index in [0.717, 1.165) is 17.2 Å². The van der Waals surface area contributed by atoms with Gasteiger partial charge in [-0.1, -0.05) is 25.6 Å². The summed E-state index contributed by atoms with van der Waals surface area (Å²) in [6, 6.07) is 20.6. The summed E-state index contributed by atoms with van der Waals surface area (Å²) in [7, 11) is 1.86. The smallest absolute Gasteiger partial charge is 0.344 e. The normalized spacial score (nSPS) is 9.89. The van der Waals surface area contributed by atoms with Gasteiger partial charge >= 0.3 is 5.97 Å². The van der Waals surface area contributed by atoms with Gasteiger partial charge in [0.1, 0.15) is 29.9 Å². The third-order valence-corrected chi connectivity index (χ3v) is 3.77. The van der Waals surface area contributed by atoms with Crippen molar-refractivity contribution in [2.75, 3.05) is 13.2 Å². The Morgan fingerprint density at radius 2 is 1.54 bits per heavy atom. The van der Waals surface area contributed by atoms with Gasteiger partial charge in [0.05, 0.1) is 13.2 Å². The van der Waals surface area contributed by atoms with Gasteiger partial charge in [0.2, 0.25) is 0 Å². The van der Waals surface area contributed by atoms with Crippen molar-refractivity contribution in [3.8, 4) is 17.2 Å². The molecule has 0 fully saturated rings. The predicted octanol–water partition coefficient (Wildman–Crippen LogP) is 4.57. The highest BCUT2D eigenvalue weighted by molar-refractivity contribution is 5.88. The van der Waals surface area contributed by atoms with Gasteiger partial charge in [0, 0.05) is 12.5 Å². The molecule has 0 atom stereocenters. The molecule has 0 aliphatic heterocycles. The predicted molar refractivity (Wildman–Crippen MR) is 108 cm³/mol. The number of aryl methyl sites for hydroxylation is 1. The fourth-order valence-electron chi connectivity index (χ4n) is 2.43. The molecular weight excluding hydrogens is 354 g/mol. The van der Waals surface area contributed by atoms with Crippen LogP contribution in [0.15, 0.2) is 79.1 Å². The van der Waals surface area contributed by atoms with Crippen LogP contribution >= 0.6 is 0 Å². The third-order valence-electron chi connectivity index (χ3n) is 3.77. The van der Waals surface area contributed by atoms with Crippen LogP contribution in [-0.4, -0.2) is 19.2 Å². The largest absolute Gasteiger partial charge is 0.493 e. The number of benzene rings is 2. The molecule has 0 radical (unpaired) electrons. The maximum Gasteiger partial charge on any atom is 0.344 e. The lowest BCUT2D eigenvalue weighted by Crippen LogP contribution is -2.28. The topological polar surface area (TPSA) is 48.6 Å². The molecule has 0 spiro atoms. The van der Waals surface area contributed by atoms with E-state index < -0.39 is 0 Å². The Morgan fingerprint density at radius 1 is 0.857 bits per heavy atom. The fraction of sp³-hybridized carbons (Fsp3) is 0.217. The first-order valence-electron chi connectivity index (χ1n) is 8.79. The highest BCUT2D eigenvalue weighted by Gasteiger charge is 2.10. The number of ether oxygens (including phenoxy) is 3. The Balaban J connectivity index is 0.00000280. The minimum absolute atomic E-state index is 0. The summed E-state index contributed by atoms with van der Waals surface area (Å²) in [5, 5.41) is 0. The molecule has 0 aliphatic carbocycles. The van der Waals surface area contributed by atoms with Crippen molar-refractivity contribution in [2.45, 2.75) is 13.8 Å². The first kappa shape index (κ1) is 21.0. The second-order valence-electron chi connectivity index (χ2n) is 5.98. The number of hydrogen-bond acceptors (Lipinski definition) is 4. The van der Waals surface area contributed by atoms with Crippen molar-refractivity contribution in [2.24, 2.45) is 7.05 Å². The molecule has 0 N–H and O–H groups in total. The van der Waals surface area contributed by atoms with Gasteiger partial charge in [0.25, 0.3) is 0 Å². The Labute approximate surface area is 166 Å². The van der Waals surface area contributed by atoms with Crippen LogP contribution in [0.5, 0.6) is 17.2 Å². The number of rotatable bonds is 8. The molecule has 5 heteroatoms. The molecule has 1 heterocycles. The minimum Gasteiger partial charge on any atom is -0.493 e. The first-order chi connectivity index (χ1) is 13.2. The second-order valence-corrected chi connectivity index (χ2v) is 5.98. The van der Waals surface area contributed by atoms with Gasteiger partial charge in [-0.05, 0) is 42.5 Å². The summed E-state index contributed by atoms with van der Waals surface area (Å²) < 4.78 is 18.5. The number of hydrogen-bond donors (Lipinski definition) is 0. The summed E-state index contributed by atoms with van der Waals surface area (Å²) in [6.07, 6.45) is 4.21. The standard InChI is InChI=1S/C22H22NO4.CH4/c1-23-14-5-7-18(17-23)22(24)26-16-6-15-25-19-10-12-21(13-11-19)27-20-8-3-2-4-9-20;/h2-5,7-14,17H,6,15-16H2,1H3;1H4/q+1;. The van der Waals surface area contributed by atoms with Crippen LogP contribution in [-0.2, 0) is 11.8 Å². The molecule has 5 nitrogen and oxygen atoms in total. The lowest BCUT2D eigenvalue weighted by atomic mass is 10.3. The molecule has 3 rings (SSSR count). The molecular formula is C23H26NO4+. The van der Waals surface area contributed by atoms with Crippen molar-refractivity contribution in [3.05, 3.63) is 84.7 Å². The summed E-state index contributed by atoms with van der Waals surface area (Å²) in [5.41, 5.74) is 0.537. The average Bonchev–Trinajstić information content (AvgIpc) is 2.69. The quantitative estimate of drug-likeness (QED) is 0.326. The van der Waals surface area contributed by atoms with Crippen LogP contribution in [0.3, 0.4) is 0 Å². The van der Waals surface area contributed by atoms with Crippen molar-refractivity contribution in [1.29, 1.82) is 0 Å². The van der Waals surface area contributed by atoms with Gasteiger partial charge < -0.3 is 14.2 Å². The molecule has 0 bridgehead atoms. The number of carbonyl (C=O) groups excluding carboxylic acids is 1. The van der Waals surface area contributed by atoms with Crippen LogP contribution in [0.25, 0.3) is 0 Å². The molecule has 0 amide bonds. The van der Waals surface area contributed by atoms with E-state index in [1.165, 1.54) is 0 Å². The molecule has 146 valence electrons. The molecule has 3 aromatic rings. The highest BCUT2D eigenvalue weighted by atomic mass is 16.5. The summed E-state index contributed by atoms with van der Waals surface area (Å²) >= 11 is 0. The Morgan fingerprint density at radius 3 is 2.25 bits per heavy atom. The van der Waals surface area contributed by atoms with E-state index in [-0.39, 0.29) is 13.4 Å². The van der Waals surface area contributed by atoms with E-state index in [9.17, 15) is 4.79 Å².